The van der Waals surface area contributed by atoms with E-state index in [2.05, 4.69) is 4.90 Å². The van der Waals surface area contributed by atoms with Crippen LogP contribution in [0.1, 0.15) is 18.4 Å². The van der Waals surface area contributed by atoms with Crippen molar-refractivity contribution in [3.8, 4) is 0 Å². The summed E-state index contributed by atoms with van der Waals surface area (Å²) in [4.78, 5) is 2.31. The summed E-state index contributed by atoms with van der Waals surface area (Å²) in [6, 6.07) is 8.43. The first-order chi connectivity index (χ1) is 8.24. The predicted molar refractivity (Wildman–Crippen MR) is 69.7 cm³/mol. The number of methoxy groups -OCH3 is 1. The van der Waals surface area contributed by atoms with Gasteiger partial charge < -0.3 is 15.4 Å². The zero-order valence-electron chi connectivity index (χ0n) is 10.1. The summed E-state index contributed by atoms with van der Waals surface area (Å²) in [6.07, 6.45) is 2.44. The van der Waals surface area contributed by atoms with Crippen LogP contribution in [0.5, 0.6) is 0 Å². The molecule has 3 N–H and O–H groups in total. The van der Waals surface area contributed by atoms with Crippen LogP contribution in [0, 0.1) is 5.41 Å². The lowest BCUT2D eigenvalue weighted by Crippen LogP contribution is -2.31. The average Bonchev–Trinajstić information content (AvgIpc) is 3.14. The first-order valence-electron chi connectivity index (χ1n) is 5.93. The van der Waals surface area contributed by atoms with Crippen molar-refractivity contribution in [1.29, 1.82) is 5.41 Å². The Morgan fingerprint density at radius 2 is 2.18 bits per heavy atom. The molecule has 0 aromatic heterocycles. The molecule has 1 aromatic carbocycles. The van der Waals surface area contributed by atoms with Gasteiger partial charge in [-0.15, -0.1) is 0 Å². The summed E-state index contributed by atoms with van der Waals surface area (Å²) in [5.74, 6) is 0.128. The summed E-state index contributed by atoms with van der Waals surface area (Å²) < 4.78 is 5.15. The molecule has 0 saturated heterocycles. The van der Waals surface area contributed by atoms with Gasteiger partial charge in [0.1, 0.15) is 5.84 Å². The van der Waals surface area contributed by atoms with Crippen molar-refractivity contribution in [3.05, 3.63) is 29.8 Å². The Labute approximate surface area is 102 Å². The second kappa shape index (κ2) is 5.19. The molecular weight excluding hydrogens is 214 g/mol. The van der Waals surface area contributed by atoms with Gasteiger partial charge in [-0.05, 0) is 25.0 Å². The van der Waals surface area contributed by atoms with E-state index in [4.69, 9.17) is 15.9 Å². The number of benzene rings is 1. The Bertz CT molecular complexity index is 401. The van der Waals surface area contributed by atoms with E-state index in [-0.39, 0.29) is 5.84 Å². The van der Waals surface area contributed by atoms with Gasteiger partial charge in [-0.1, -0.05) is 12.1 Å². The van der Waals surface area contributed by atoms with Gasteiger partial charge in [-0.2, -0.15) is 0 Å². The van der Waals surface area contributed by atoms with Crippen molar-refractivity contribution in [2.24, 2.45) is 5.73 Å². The molecule has 1 fully saturated rings. The number of nitrogens with zero attached hydrogens (tertiary/aromatic N) is 1. The fourth-order valence-corrected chi connectivity index (χ4v) is 2.03. The lowest BCUT2D eigenvalue weighted by molar-refractivity contribution is 0.205. The Morgan fingerprint density at radius 1 is 1.47 bits per heavy atom. The number of ether oxygens (including phenoxy) is 1. The van der Waals surface area contributed by atoms with Crippen molar-refractivity contribution in [2.45, 2.75) is 18.9 Å². The molecule has 1 aromatic rings. The molecule has 4 nitrogen and oxygen atoms in total. The molecule has 17 heavy (non-hydrogen) atoms. The first kappa shape index (κ1) is 11.9. The summed E-state index contributed by atoms with van der Waals surface area (Å²) in [6.45, 7) is 1.55. The van der Waals surface area contributed by atoms with Gasteiger partial charge >= 0.3 is 0 Å². The molecule has 0 atom stereocenters. The highest BCUT2D eigenvalue weighted by molar-refractivity contribution is 6.00. The Balaban J connectivity index is 2.25. The highest BCUT2D eigenvalue weighted by Crippen LogP contribution is 2.33. The molecule has 92 valence electrons. The number of hydrogen-bond acceptors (Lipinski definition) is 3. The molecule has 2 rings (SSSR count). The van der Waals surface area contributed by atoms with Crippen molar-refractivity contribution in [3.63, 3.8) is 0 Å². The van der Waals surface area contributed by atoms with Crippen molar-refractivity contribution in [1.82, 2.24) is 0 Å². The number of hydrogen-bond donors (Lipinski definition) is 2. The number of anilines is 1. The minimum Gasteiger partial charge on any atom is -0.384 e. The molecule has 0 unspecified atom stereocenters. The maximum Gasteiger partial charge on any atom is 0.124 e. The number of nitrogens with two attached hydrogens (primary N) is 1. The average molecular weight is 233 g/mol. The molecule has 0 aliphatic heterocycles. The van der Waals surface area contributed by atoms with Gasteiger partial charge in [0.15, 0.2) is 0 Å². The number of nitrogens with one attached hydrogen (secondary N) is 1. The highest BCUT2D eigenvalue weighted by Gasteiger charge is 2.30. The number of amidine groups is 1. The molecule has 0 bridgehead atoms. The Morgan fingerprint density at radius 3 is 2.76 bits per heavy atom. The Hall–Kier alpha value is -1.55. The van der Waals surface area contributed by atoms with Crippen molar-refractivity contribution in [2.75, 3.05) is 25.2 Å². The zero-order chi connectivity index (χ0) is 12.3. The van der Waals surface area contributed by atoms with E-state index in [9.17, 15) is 0 Å². The van der Waals surface area contributed by atoms with Gasteiger partial charge in [0.2, 0.25) is 0 Å². The van der Waals surface area contributed by atoms with Crippen LogP contribution in [0.4, 0.5) is 5.69 Å². The fourth-order valence-electron chi connectivity index (χ4n) is 2.03. The van der Waals surface area contributed by atoms with Gasteiger partial charge in [-0.3, -0.25) is 5.41 Å². The SMILES string of the molecule is COCCN(c1ccccc1C(=N)N)C1CC1. The second-order valence-electron chi connectivity index (χ2n) is 4.35. The van der Waals surface area contributed by atoms with E-state index in [0.29, 0.717) is 12.6 Å². The van der Waals surface area contributed by atoms with Crippen molar-refractivity contribution < 1.29 is 4.74 Å². The minimum absolute atomic E-state index is 0.128. The lowest BCUT2D eigenvalue weighted by atomic mass is 10.1. The summed E-state index contributed by atoms with van der Waals surface area (Å²) in [5.41, 5.74) is 7.50. The van der Waals surface area contributed by atoms with E-state index in [1.807, 2.05) is 24.3 Å². The Kier molecular flexibility index (Phi) is 3.64. The molecule has 1 aliphatic carbocycles. The quantitative estimate of drug-likeness (QED) is 0.579. The monoisotopic (exact) mass is 233 g/mol. The zero-order valence-corrected chi connectivity index (χ0v) is 10.1. The van der Waals surface area contributed by atoms with Crippen LogP contribution in [0.25, 0.3) is 0 Å². The minimum atomic E-state index is 0.128. The number of rotatable bonds is 6. The summed E-state index contributed by atoms with van der Waals surface area (Å²) in [5, 5.41) is 7.63. The standard InChI is InChI=1S/C13H19N3O/c1-17-9-8-16(10-6-7-10)12-5-3-2-4-11(12)13(14)15/h2-5,10H,6-9H2,1H3,(H3,14,15). The van der Waals surface area contributed by atoms with Crippen molar-refractivity contribution >= 4 is 11.5 Å². The third-order valence-corrected chi connectivity index (χ3v) is 3.03. The maximum atomic E-state index is 7.63. The molecule has 0 heterocycles. The second-order valence-corrected chi connectivity index (χ2v) is 4.35. The fraction of sp³-hybridized carbons (Fsp3) is 0.462. The molecule has 1 aliphatic rings. The lowest BCUT2D eigenvalue weighted by Gasteiger charge is -2.26. The maximum absolute atomic E-state index is 7.63. The molecule has 1 saturated carbocycles. The van der Waals surface area contributed by atoms with Crippen LogP contribution in [0.2, 0.25) is 0 Å². The van der Waals surface area contributed by atoms with Crippen LogP contribution in [0.15, 0.2) is 24.3 Å². The normalized spacial score (nSPS) is 14.6. The molecule has 0 radical (unpaired) electrons. The van der Waals surface area contributed by atoms with Gasteiger partial charge in [0, 0.05) is 30.9 Å². The molecule has 4 heteroatoms. The van der Waals surface area contributed by atoms with E-state index >= 15 is 0 Å². The molecular formula is C13H19N3O. The number of nitrogen functional groups attached to an aromatic ring is 1. The van der Waals surface area contributed by atoms with Crippen LogP contribution >= 0.6 is 0 Å². The van der Waals surface area contributed by atoms with E-state index in [1.165, 1.54) is 12.8 Å². The van der Waals surface area contributed by atoms with Gasteiger partial charge in [0.05, 0.1) is 6.61 Å². The third-order valence-electron chi connectivity index (χ3n) is 3.03. The van der Waals surface area contributed by atoms with E-state index < -0.39 is 0 Å². The first-order valence-corrected chi connectivity index (χ1v) is 5.93. The smallest absolute Gasteiger partial charge is 0.124 e. The third kappa shape index (κ3) is 2.77. The number of para-hydroxylation sites is 1. The topological polar surface area (TPSA) is 62.3 Å². The van der Waals surface area contributed by atoms with Crippen LogP contribution in [0.3, 0.4) is 0 Å². The summed E-state index contributed by atoms with van der Waals surface area (Å²) in [7, 11) is 1.71. The van der Waals surface area contributed by atoms with E-state index in [0.717, 1.165) is 17.8 Å². The predicted octanol–water partition coefficient (Wildman–Crippen LogP) is 1.59. The van der Waals surface area contributed by atoms with E-state index in [1.54, 1.807) is 7.11 Å². The van der Waals surface area contributed by atoms with Crippen LogP contribution in [-0.2, 0) is 4.74 Å². The van der Waals surface area contributed by atoms with Gasteiger partial charge in [0.25, 0.3) is 0 Å². The summed E-state index contributed by atoms with van der Waals surface area (Å²) >= 11 is 0. The highest BCUT2D eigenvalue weighted by atomic mass is 16.5. The van der Waals surface area contributed by atoms with Crippen LogP contribution in [-0.4, -0.2) is 32.1 Å². The molecule has 0 amide bonds. The van der Waals surface area contributed by atoms with Crippen LogP contribution < -0.4 is 10.6 Å². The molecule has 0 spiro atoms. The largest absolute Gasteiger partial charge is 0.384 e. The van der Waals surface area contributed by atoms with Gasteiger partial charge in [-0.25, -0.2) is 0 Å².